The van der Waals surface area contributed by atoms with Crippen LogP contribution in [0.1, 0.15) is 24.8 Å². The summed E-state index contributed by atoms with van der Waals surface area (Å²) < 4.78 is 43.4. The van der Waals surface area contributed by atoms with Gasteiger partial charge in [0.2, 0.25) is 11.8 Å². The third-order valence-electron chi connectivity index (χ3n) is 6.13. The van der Waals surface area contributed by atoms with Crippen LogP contribution in [0.25, 0.3) is 0 Å². The number of ether oxygens (including phenoxy) is 1. The SMILES string of the molecule is O=C(C1CC(=O)N(C2CCOCC2)C1)N1CCN(c2ccc(C(F)(F)F)cn2)CC1. The van der Waals surface area contributed by atoms with E-state index in [1.165, 1.54) is 6.07 Å². The molecule has 3 saturated heterocycles. The standard InChI is InChI=1S/C20H25F3N4O3/c21-20(22,23)15-1-2-17(24-12-15)25-5-7-26(8-6-25)19(29)14-11-18(28)27(13-14)16-3-9-30-10-4-16/h1-2,12,14,16H,3-11,13H2. The van der Waals surface area contributed by atoms with E-state index in [9.17, 15) is 22.8 Å². The second-order valence-electron chi connectivity index (χ2n) is 8.01. The minimum Gasteiger partial charge on any atom is -0.381 e. The molecule has 2 amide bonds. The van der Waals surface area contributed by atoms with Crippen molar-refractivity contribution < 1.29 is 27.5 Å². The van der Waals surface area contributed by atoms with Gasteiger partial charge in [-0.05, 0) is 25.0 Å². The van der Waals surface area contributed by atoms with Crippen molar-refractivity contribution >= 4 is 17.6 Å². The van der Waals surface area contributed by atoms with E-state index in [4.69, 9.17) is 4.74 Å². The largest absolute Gasteiger partial charge is 0.417 e. The molecule has 0 N–H and O–H groups in total. The van der Waals surface area contributed by atoms with Crippen LogP contribution in [0.4, 0.5) is 19.0 Å². The molecule has 0 saturated carbocycles. The summed E-state index contributed by atoms with van der Waals surface area (Å²) in [6, 6.07) is 2.54. The normalized spacial score (nSPS) is 23.9. The summed E-state index contributed by atoms with van der Waals surface area (Å²) >= 11 is 0. The van der Waals surface area contributed by atoms with Crippen LogP contribution in [0.3, 0.4) is 0 Å². The number of hydrogen-bond donors (Lipinski definition) is 0. The predicted octanol–water partition coefficient (Wildman–Crippen LogP) is 1.78. The van der Waals surface area contributed by atoms with Crippen molar-refractivity contribution in [2.75, 3.05) is 50.8 Å². The molecule has 0 bridgehead atoms. The van der Waals surface area contributed by atoms with E-state index in [0.29, 0.717) is 51.8 Å². The Hall–Kier alpha value is -2.36. The van der Waals surface area contributed by atoms with Crippen LogP contribution >= 0.6 is 0 Å². The molecule has 1 aromatic heterocycles. The van der Waals surface area contributed by atoms with Crippen molar-refractivity contribution in [2.45, 2.75) is 31.5 Å². The monoisotopic (exact) mass is 426 g/mol. The zero-order valence-electron chi connectivity index (χ0n) is 16.6. The molecule has 3 aliphatic rings. The van der Waals surface area contributed by atoms with Crippen LogP contribution in [-0.4, -0.2) is 78.6 Å². The van der Waals surface area contributed by atoms with E-state index < -0.39 is 11.7 Å². The lowest BCUT2D eigenvalue weighted by Crippen LogP contribution is -2.51. The van der Waals surface area contributed by atoms with Gasteiger partial charge in [0, 0.05) is 64.6 Å². The molecule has 0 spiro atoms. The van der Waals surface area contributed by atoms with Gasteiger partial charge in [-0.25, -0.2) is 4.98 Å². The number of piperazine rings is 1. The Labute approximate surface area is 172 Å². The third-order valence-corrected chi connectivity index (χ3v) is 6.13. The van der Waals surface area contributed by atoms with E-state index in [1.54, 1.807) is 4.90 Å². The number of carbonyl (C=O) groups excluding carboxylic acids is 2. The van der Waals surface area contributed by atoms with Crippen LogP contribution in [0.2, 0.25) is 0 Å². The second-order valence-corrected chi connectivity index (χ2v) is 8.01. The van der Waals surface area contributed by atoms with Crippen LogP contribution in [0.15, 0.2) is 18.3 Å². The Bertz CT molecular complexity index is 772. The lowest BCUT2D eigenvalue weighted by Gasteiger charge is -2.36. The molecule has 30 heavy (non-hydrogen) atoms. The van der Waals surface area contributed by atoms with Gasteiger partial charge in [-0.1, -0.05) is 0 Å². The smallest absolute Gasteiger partial charge is 0.381 e. The molecule has 1 aromatic rings. The van der Waals surface area contributed by atoms with Gasteiger partial charge >= 0.3 is 6.18 Å². The van der Waals surface area contributed by atoms with Crippen LogP contribution in [-0.2, 0) is 20.5 Å². The maximum atomic E-state index is 12.9. The van der Waals surface area contributed by atoms with Gasteiger partial charge in [-0.15, -0.1) is 0 Å². The highest BCUT2D eigenvalue weighted by Gasteiger charge is 2.40. The first-order chi connectivity index (χ1) is 14.3. The minimum atomic E-state index is -4.41. The Morgan fingerprint density at radius 3 is 2.40 bits per heavy atom. The van der Waals surface area contributed by atoms with E-state index in [1.807, 2.05) is 9.80 Å². The van der Waals surface area contributed by atoms with Crippen LogP contribution in [0, 0.1) is 5.92 Å². The first-order valence-corrected chi connectivity index (χ1v) is 10.3. The highest BCUT2D eigenvalue weighted by atomic mass is 19.4. The van der Waals surface area contributed by atoms with E-state index in [2.05, 4.69) is 4.98 Å². The molecular weight excluding hydrogens is 401 g/mol. The number of amides is 2. The Morgan fingerprint density at radius 2 is 1.80 bits per heavy atom. The first-order valence-electron chi connectivity index (χ1n) is 10.3. The lowest BCUT2D eigenvalue weighted by molar-refractivity contribution is -0.138. The van der Waals surface area contributed by atoms with Crippen LogP contribution < -0.4 is 4.90 Å². The lowest BCUT2D eigenvalue weighted by atomic mass is 10.1. The number of aromatic nitrogens is 1. The number of hydrogen-bond acceptors (Lipinski definition) is 5. The number of carbonyl (C=O) groups is 2. The Kier molecular flexibility index (Phi) is 5.86. The van der Waals surface area contributed by atoms with Crippen LogP contribution in [0.5, 0.6) is 0 Å². The van der Waals surface area contributed by atoms with Gasteiger partial charge in [-0.3, -0.25) is 9.59 Å². The third kappa shape index (κ3) is 4.38. The molecule has 164 valence electrons. The summed E-state index contributed by atoms with van der Waals surface area (Å²) in [7, 11) is 0. The highest BCUT2D eigenvalue weighted by molar-refractivity contribution is 5.89. The molecule has 4 rings (SSSR count). The van der Waals surface area contributed by atoms with Crippen molar-refractivity contribution in [1.29, 1.82) is 0 Å². The summed E-state index contributed by atoms with van der Waals surface area (Å²) in [5, 5.41) is 0. The average Bonchev–Trinajstić information content (AvgIpc) is 3.15. The molecule has 10 heteroatoms. The van der Waals surface area contributed by atoms with Gasteiger partial charge in [0.05, 0.1) is 11.5 Å². The molecule has 0 aromatic carbocycles. The Balaban J connectivity index is 1.31. The molecule has 7 nitrogen and oxygen atoms in total. The summed E-state index contributed by atoms with van der Waals surface area (Å²) in [5.41, 5.74) is -0.778. The number of anilines is 1. The van der Waals surface area contributed by atoms with Gasteiger partial charge in [0.15, 0.2) is 0 Å². The maximum absolute atomic E-state index is 12.9. The van der Waals surface area contributed by atoms with Crippen molar-refractivity contribution in [1.82, 2.24) is 14.8 Å². The molecule has 1 unspecified atom stereocenters. The molecule has 3 aliphatic heterocycles. The number of likely N-dealkylation sites (tertiary alicyclic amines) is 1. The van der Waals surface area contributed by atoms with Crippen molar-refractivity contribution in [3.63, 3.8) is 0 Å². The molecule has 1 atom stereocenters. The predicted molar refractivity (Wildman–Crippen MR) is 102 cm³/mol. The van der Waals surface area contributed by atoms with E-state index >= 15 is 0 Å². The number of rotatable bonds is 3. The minimum absolute atomic E-state index is 0.0158. The average molecular weight is 426 g/mol. The molecule has 0 radical (unpaired) electrons. The zero-order chi connectivity index (χ0) is 21.3. The van der Waals surface area contributed by atoms with Gasteiger partial charge < -0.3 is 19.4 Å². The summed E-state index contributed by atoms with van der Waals surface area (Å²) in [6.45, 7) is 3.67. The van der Waals surface area contributed by atoms with E-state index in [0.717, 1.165) is 25.1 Å². The van der Waals surface area contributed by atoms with Gasteiger partial charge in [0.1, 0.15) is 5.82 Å². The fourth-order valence-corrected chi connectivity index (χ4v) is 4.40. The van der Waals surface area contributed by atoms with Gasteiger partial charge in [0.25, 0.3) is 0 Å². The molecule has 3 fully saturated rings. The van der Waals surface area contributed by atoms with Crippen molar-refractivity contribution in [2.24, 2.45) is 5.92 Å². The van der Waals surface area contributed by atoms with Crippen molar-refractivity contribution in [3.05, 3.63) is 23.9 Å². The molecular formula is C20H25F3N4O3. The number of nitrogens with zero attached hydrogens (tertiary/aromatic N) is 4. The maximum Gasteiger partial charge on any atom is 0.417 e. The Morgan fingerprint density at radius 1 is 1.10 bits per heavy atom. The number of pyridine rings is 1. The molecule has 4 heterocycles. The summed E-state index contributed by atoms with van der Waals surface area (Å²) in [4.78, 5) is 34.8. The quantitative estimate of drug-likeness (QED) is 0.737. The number of alkyl halides is 3. The summed E-state index contributed by atoms with van der Waals surface area (Å²) in [6.07, 6.45) is -1.70. The first kappa shape index (κ1) is 20.9. The molecule has 0 aliphatic carbocycles. The fraction of sp³-hybridized carbons (Fsp3) is 0.650. The van der Waals surface area contributed by atoms with E-state index in [-0.39, 0.29) is 30.2 Å². The highest BCUT2D eigenvalue weighted by Crippen LogP contribution is 2.30. The van der Waals surface area contributed by atoms with Gasteiger partial charge in [-0.2, -0.15) is 13.2 Å². The fourth-order valence-electron chi connectivity index (χ4n) is 4.40. The van der Waals surface area contributed by atoms with Crippen molar-refractivity contribution in [3.8, 4) is 0 Å². The topological polar surface area (TPSA) is 66.0 Å². The number of halogens is 3. The summed E-state index contributed by atoms with van der Waals surface area (Å²) in [5.74, 6) is 0.165. The zero-order valence-corrected chi connectivity index (χ0v) is 16.6. The second kappa shape index (κ2) is 8.41.